The van der Waals surface area contributed by atoms with Crippen LogP contribution in [0.15, 0.2) is 24.3 Å². The van der Waals surface area contributed by atoms with Crippen molar-refractivity contribution in [2.24, 2.45) is 0 Å². The second-order valence-corrected chi connectivity index (χ2v) is 5.69. The number of aliphatic carboxylic acids is 1. The first-order chi connectivity index (χ1) is 10.5. The van der Waals surface area contributed by atoms with Crippen LogP contribution in [0.25, 0.3) is 0 Å². The average molecular weight is 305 g/mol. The Kier molecular flexibility index (Phi) is 5.55. The van der Waals surface area contributed by atoms with Crippen LogP contribution >= 0.6 is 0 Å². The van der Waals surface area contributed by atoms with Crippen LogP contribution in [-0.2, 0) is 27.2 Å². The van der Waals surface area contributed by atoms with E-state index in [1.807, 2.05) is 24.3 Å². The highest BCUT2D eigenvalue weighted by molar-refractivity contribution is 5.80. The molecule has 0 aromatic heterocycles. The van der Waals surface area contributed by atoms with Crippen molar-refractivity contribution in [2.75, 3.05) is 13.7 Å². The molecular weight excluding hydrogens is 282 g/mol. The highest BCUT2D eigenvalue weighted by atomic mass is 16.5. The van der Waals surface area contributed by atoms with E-state index in [-0.39, 0.29) is 24.5 Å². The number of hydrogen-bond donors (Lipinski definition) is 1. The Morgan fingerprint density at radius 1 is 1.32 bits per heavy atom. The molecule has 22 heavy (non-hydrogen) atoms. The zero-order valence-corrected chi connectivity index (χ0v) is 13.1. The van der Waals surface area contributed by atoms with Crippen LogP contribution in [0.3, 0.4) is 0 Å². The van der Waals surface area contributed by atoms with Gasteiger partial charge in [-0.15, -0.1) is 0 Å². The molecule has 2 atom stereocenters. The molecule has 0 saturated carbocycles. The minimum atomic E-state index is -0.881. The number of carboxylic acid groups (broad SMARTS) is 1. The van der Waals surface area contributed by atoms with Crippen molar-refractivity contribution in [3.05, 3.63) is 35.4 Å². The van der Waals surface area contributed by atoms with Gasteiger partial charge >= 0.3 is 5.97 Å². The zero-order chi connectivity index (χ0) is 16.1. The molecule has 1 N–H and O–H groups in total. The summed E-state index contributed by atoms with van der Waals surface area (Å²) in [6, 6.07) is 7.62. The van der Waals surface area contributed by atoms with Crippen LogP contribution in [0.4, 0.5) is 0 Å². The number of carbonyl (C=O) groups is 2. The summed E-state index contributed by atoms with van der Waals surface area (Å²) in [6.45, 7) is 2.54. The van der Waals surface area contributed by atoms with Crippen LogP contribution in [-0.4, -0.2) is 47.7 Å². The van der Waals surface area contributed by atoms with Gasteiger partial charge in [-0.3, -0.25) is 9.59 Å². The quantitative estimate of drug-likeness (QED) is 0.871. The molecule has 1 amide bonds. The Bertz CT molecular complexity index is 543. The average Bonchev–Trinajstić information content (AvgIpc) is 2.90. The molecule has 1 aliphatic rings. The number of ether oxygens (including phenoxy) is 1. The summed E-state index contributed by atoms with van der Waals surface area (Å²) in [6.07, 6.45) is 1.68. The standard InChI is InChI=1S/C17H23NO4/c1-3-12-6-4-5-7-13(12)8-16(19)18-11-15(22-2)9-14(18)10-17(20)21/h4-7,14-15H,3,8-11H2,1-2H3,(H,20,21). The van der Waals surface area contributed by atoms with E-state index >= 15 is 0 Å². The van der Waals surface area contributed by atoms with Gasteiger partial charge in [0.25, 0.3) is 0 Å². The largest absolute Gasteiger partial charge is 0.481 e. The lowest BCUT2D eigenvalue weighted by Gasteiger charge is -2.23. The van der Waals surface area contributed by atoms with Gasteiger partial charge in [-0.2, -0.15) is 0 Å². The zero-order valence-electron chi connectivity index (χ0n) is 13.1. The van der Waals surface area contributed by atoms with E-state index in [9.17, 15) is 9.59 Å². The summed E-state index contributed by atoms with van der Waals surface area (Å²) in [5, 5.41) is 9.03. The Labute approximate surface area is 130 Å². The van der Waals surface area contributed by atoms with Crippen LogP contribution in [0.2, 0.25) is 0 Å². The minimum Gasteiger partial charge on any atom is -0.481 e. The normalized spacial score (nSPS) is 21.1. The first-order valence-electron chi connectivity index (χ1n) is 7.66. The van der Waals surface area contributed by atoms with E-state index in [2.05, 4.69) is 6.92 Å². The number of benzene rings is 1. The molecule has 2 rings (SSSR count). The number of hydrogen-bond acceptors (Lipinski definition) is 3. The molecule has 1 aliphatic heterocycles. The summed E-state index contributed by atoms with van der Waals surface area (Å²) >= 11 is 0. The van der Waals surface area contributed by atoms with Gasteiger partial charge in [0.15, 0.2) is 0 Å². The number of methoxy groups -OCH3 is 1. The van der Waals surface area contributed by atoms with Crippen molar-refractivity contribution in [1.82, 2.24) is 4.90 Å². The number of aryl methyl sites for hydroxylation is 1. The summed E-state index contributed by atoms with van der Waals surface area (Å²) in [4.78, 5) is 25.3. The number of carbonyl (C=O) groups excluding carboxylic acids is 1. The van der Waals surface area contributed by atoms with Gasteiger partial charge in [-0.05, 0) is 24.0 Å². The maximum Gasteiger partial charge on any atom is 0.305 e. The fraction of sp³-hybridized carbons (Fsp3) is 0.529. The van der Waals surface area contributed by atoms with E-state index in [4.69, 9.17) is 9.84 Å². The van der Waals surface area contributed by atoms with Crippen LogP contribution in [0, 0.1) is 0 Å². The van der Waals surface area contributed by atoms with Crippen molar-refractivity contribution >= 4 is 11.9 Å². The first kappa shape index (κ1) is 16.5. The van der Waals surface area contributed by atoms with Crippen molar-refractivity contribution in [2.45, 2.75) is 44.8 Å². The number of amides is 1. The smallest absolute Gasteiger partial charge is 0.305 e. The van der Waals surface area contributed by atoms with Gasteiger partial charge in [-0.1, -0.05) is 31.2 Å². The third kappa shape index (κ3) is 3.85. The van der Waals surface area contributed by atoms with E-state index in [0.717, 1.165) is 17.5 Å². The second-order valence-electron chi connectivity index (χ2n) is 5.69. The van der Waals surface area contributed by atoms with E-state index in [0.29, 0.717) is 19.4 Å². The van der Waals surface area contributed by atoms with Crippen molar-refractivity contribution in [1.29, 1.82) is 0 Å². The fourth-order valence-electron chi connectivity index (χ4n) is 3.08. The predicted molar refractivity (Wildman–Crippen MR) is 82.7 cm³/mol. The number of carboxylic acids is 1. The van der Waals surface area contributed by atoms with Gasteiger partial charge < -0.3 is 14.7 Å². The lowest BCUT2D eigenvalue weighted by molar-refractivity contribution is -0.139. The maximum absolute atomic E-state index is 12.6. The van der Waals surface area contributed by atoms with Crippen molar-refractivity contribution in [3.8, 4) is 0 Å². The first-order valence-corrected chi connectivity index (χ1v) is 7.66. The van der Waals surface area contributed by atoms with Gasteiger partial charge in [0.2, 0.25) is 5.91 Å². The van der Waals surface area contributed by atoms with Gasteiger partial charge in [0.1, 0.15) is 0 Å². The molecule has 1 fully saturated rings. The van der Waals surface area contributed by atoms with Crippen molar-refractivity contribution < 1.29 is 19.4 Å². The Hall–Kier alpha value is -1.88. The third-order valence-electron chi connectivity index (χ3n) is 4.28. The second kappa shape index (κ2) is 7.40. The molecule has 2 unspecified atom stereocenters. The summed E-state index contributed by atoms with van der Waals surface area (Å²) in [5.74, 6) is -0.903. The van der Waals surface area contributed by atoms with E-state index in [1.165, 1.54) is 0 Å². The maximum atomic E-state index is 12.6. The molecule has 0 spiro atoms. The van der Waals surface area contributed by atoms with E-state index < -0.39 is 5.97 Å². The predicted octanol–water partition coefficient (Wildman–Crippen LogP) is 1.88. The van der Waals surface area contributed by atoms with Gasteiger partial charge in [0, 0.05) is 19.7 Å². The third-order valence-corrected chi connectivity index (χ3v) is 4.28. The Morgan fingerprint density at radius 2 is 2.00 bits per heavy atom. The van der Waals surface area contributed by atoms with Gasteiger partial charge in [0.05, 0.1) is 18.9 Å². The molecule has 1 saturated heterocycles. The lowest BCUT2D eigenvalue weighted by Crippen LogP contribution is -2.38. The van der Waals surface area contributed by atoms with Gasteiger partial charge in [-0.25, -0.2) is 0 Å². The monoisotopic (exact) mass is 305 g/mol. The number of nitrogens with zero attached hydrogens (tertiary/aromatic N) is 1. The molecular formula is C17H23NO4. The molecule has 1 heterocycles. The molecule has 120 valence electrons. The minimum absolute atomic E-state index is 0.0216. The Morgan fingerprint density at radius 3 is 2.59 bits per heavy atom. The molecule has 1 aromatic rings. The fourth-order valence-corrected chi connectivity index (χ4v) is 3.08. The SMILES string of the molecule is CCc1ccccc1CC(=O)N1CC(OC)CC1CC(=O)O. The topological polar surface area (TPSA) is 66.8 Å². The summed E-state index contributed by atoms with van der Waals surface area (Å²) in [7, 11) is 1.60. The van der Waals surface area contributed by atoms with E-state index in [1.54, 1.807) is 12.0 Å². The highest BCUT2D eigenvalue weighted by Crippen LogP contribution is 2.24. The van der Waals surface area contributed by atoms with Crippen LogP contribution < -0.4 is 0 Å². The highest BCUT2D eigenvalue weighted by Gasteiger charge is 2.36. The Balaban J connectivity index is 2.10. The molecule has 0 bridgehead atoms. The molecule has 5 nitrogen and oxygen atoms in total. The van der Waals surface area contributed by atoms with Crippen LogP contribution in [0.5, 0.6) is 0 Å². The number of rotatable bonds is 6. The summed E-state index contributed by atoms with van der Waals surface area (Å²) < 4.78 is 5.31. The molecule has 1 aromatic carbocycles. The van der Waals surface area contributed by atoms with Crippen LogP contribution in [0.1, 0.15) is 30.9 Å². The summed E-state index contributed by atoms with van der Waals surface area (Å²) in [5.41, 5.74) is 2.18. The molecule has 5 heteroatoms. The molecule has 0 radical (unpaired) electrons. The molecule has 0 aliphatic carbocycles. The lowest BCUT2D eigenvalue weighted by atomic mass is 10.0. The number of likely N-dealkylation sites (tertiary alicyclic amines) is 1. The van der Waals surface area contributed by atoms with Crippen molar-refractivity contribution in [3.63, 3.8) is 0 Å².